The molecule has 0 aliphatic rings. The number of hydrogen-bond acceptors (Lipinski definition) is 4. The second-order valence-corrected chi connectivity index (χ2v) is 5.14. The molecule has 0 saturated heterocycles. The molecule has 7 heteroatoms. The summed E-state index contributed by atoms with van der Waals surface area (Å²) in [6.45, 7) is 3.47. The van der Waals surface area contributed by atoms with E-state index in [2.05, 4.69) is 6.92 Å². The molecule has 0 aromatic rings. The van der Waals surface area contributed by atoms with Crippen LogP contribution < -0.4 is 29.6 Å². The summed E-state index contributed by atoms with van der Waals surface area (Å²) in [5.41, 5.74) is 0. The van der Waals surface area contributed by atoms with Gasteiger partial charge in [0.1, 0.15) is 5.75 Å². The zero-order chi connectivity index (χ0) is 11.9. The van der Waals surface area contributed by atoms with E-state index in [9.17, 15) is 8.42 Å². The zero-order valence-corrected chi connectivity index (χ0v) is 13.0. The summed E-state index contributed by atoms with van der Waals surface area (Å²) in [5.74, 6) is -0.556. The van der Waals surface area contributed by atoms with E-state index in [0.717, 1.165) is 19.3 Å². The first-order valence-corrected chi connectivity index (χ1v) is 6.71. The average Bonchev–Trinajstić information content (AvgIpc) is 2.11. The van der Waals surface area contributed by atoms with E-state index in [0.29, 0.717) is 0 Å². The van der Waals surface area contributed by atoms with Gasteiger partial charge >= 0.3 is 29.6 Å². The third-order valence-corrected chi connectivity index (χ3v) is 2.78. The molecule has 0 spiro atoms. The molecule has 16 heavy (non-hydrogen) atoms. The van der Waals surface area contributed by atoms with Crippen molar-refractivity contribution in [1.29, 1.82) is 0 Å². The van der Waals surface area contributed by atoms with Gasteiger partial charge in [0.25, 0.3) is 10.1 Å². The number of hydrogen-bond donors (Lipinski definition) is 2. The Morgan fingerprint density at radius 1 is 1.44 bits per heavy atom. The quantitative estimate of drug-likeness (QED) is 0.389. The third kappa shape index (κ3) is 11.3. The fourth-order valence-electron chi connectivity index (χ4n) is 1.26. The Kier molecular flexibility index (Phi) is 11.8. The van der Waals surface area contributed by atoms with Crippen molar-refractivity contribution in [3.05, 3.63) is 0 Å². The summed E-state index contributed by atoms with van der Waals surface area (Å²) in [5, 5.41) is 8.86. The number of aliphatic hydroxyl groups excluding tert-OH is 1. The van der Waals surface area contributed by atoms with E-state index in [1.54, 1.807) is 0 Å². The smallest absolute Gasteiger partial charge is 1.00 e. The average molecular weight is 264 g/mol. The van der Waals surface area contributed by atoms with E-state index in [4.69, 9.17) is 14.4 Å². The molecule has 0 aromatic heterocycles. The molecule has 2 atom stereocenters. The first kappa shape index (κ1) is 19.2. The predicted molar refractivity (Wildman–Crippen MR) is 58.5 cm³/mol. The molecular formula is C9H21NaO5S. The first-order valence-electron chi connectivity index (χ1n) is 5.10. The minimum atomic E-state index is -4.09. The maximum absolute atomic E-state index is 10.6. The molecule has 0 rings (SSSR count). The third-order valence-electron chi connectivity index (χ3n) is 1.99. The van der Waals surface area contributed by atoms with Crippen LogP contribution in [0.2, 0.25) is 0 Å². The van der Waals surface area contributed by atoms with Gasteiger partial charge in [-0.25, -0.2) is 0 Å². The largest absolute Gasteiger partial charge is 1.00 e. The van der Waals surface area contributed by atoms with Crippen molar-refractivity contribution in [3.8, 4) is 0 Å². The van der Waals surface area contributed by atoms with Crippen LogP contribution in [0, 0.1) is 0 Å². The van der Waals surface area contributed by atoms with Gasteiger partial charge in [-0.15, -0.1) is 0 Å². The van der Waals surface area contributed by atoms with Crippen molar-refractivity contribution in [1.82, 2.24) is 0 Å². The molecule has 94 valence electrons. The molecule has 0 aromatic carbocycles. The Balaban J connectivity index is -0.000000980. The van der Waals surface area contributed by atoms with Crippen LogP contribution in [-0.2, 0) is 14.9 Å². The molecule has 0 saturated carbocycles. The summed E-state index contributed by atoms with van der Waals surface area (Å²) in [4.78, 5) is 0. The predicted octanol–water partition coefficient (Wildman–Crippen LogP) is -2.05. The van der Waals surface area contributed by atoms with Crippen LogP contribution in [0.15, 0.2) is 0 Å². The molecule has 0 radical (unpaired) electrons. The SMILES string of the molecule is CCCCC(C)OC(CO)CS(=O)(=O)O.[H-].[Na+]. The van der Waals surface area contributed by atoms with Gasteiger partial charge in [0.05, 0.1) is 18.8 Å². The van der Waals surface area contributed by atoms with Crippen molar-refractivity contribution >= 4 is 10.1 Å². The van der Waals surface area contributed by atoms with E-state index in [1.165, 1.54) is 0 Å². The number of aliphatic hydroxyl groups is 1. The van der Waals surface area contributed by atoms with E-state index in [1.807, 2.05) is 6.92 Å². The van der Waals surface area contributed by atoms with Crippen LogP contribution in [0.3, 0.4) is 0 Å². The summed E-state index contributed by atoms with van der Waals surface area (Å²) < 4.78 is 35.0. The number of unbranched alkanes of at least 4 members (excludes halogenated alkanes) is 1. The maximum Gasteiger partial charge on any atom is 1.00 e. The second kappa shape index (κ2) is 9.82. The van der Waals surface area contributed by atoms with Gasteiger partial charge in [-0.3, -0.25) is 4.55 Å². The Labute approximate surface area is 121 Å². The molecule has 0 bridgehead atoms. The van der Waals surface area contributed by atoms with Crippen LogP contribution in [0.4, 0.5) is 0 Å². The standard InChI is InChI=1S/C9H20O5S.Na.H/c1-3-4-5-8(2)14-9(6-10)7-15(11,12)13;;/h8-10H,3-7H2,1-2H3,(H,11,12,13);;/q;+1;-1. The molecule has 0 amide bonds. The van der Waals surface area contributed by atoms with E-state index in [-0.39, 0.29) is 37.1 Å². The van der Waals surface area contributed by atoms with Gasteiger partial charge in [0.15, 0.2) is 0 Å². The minimum absolute atomic E-state index is 0. The Morgan fingerprint density at radius 3 is 2.38 bits per heavy atom. The maximum atomic E-state index is 10.6. The number of ether oxygens (including phenoxy) is 1. The molecular weight excluding hydrogens is 243 g/mol. The summed E-state index contributed by atoms with van der Waals surface area (Å²) >= 11 is 0. The fraction of sp³-hybridized carbons (Fsp3) is 1.00. The minimum Gasteiger partial charge on any atom is -1.00 e. The summed E-state index contributed by atoms with van der Waals surface area (Å²) in [6, 6.07) is 0. The van der Waals surface area contributed by atoms with Crippen LogP contribution in [0.25, 0.3) is 0 Å². The second-order valence-electron chi connectivity index (χ2n) is 3.64. The van der Waals surface area contributed by atoms with Crippen molar-refractivity contribution < 1.29 is 53.8 Å². The Morgan fingerprint density at radius 2 is 2.00 bits per heavy atom. The van der Waals surface area contributed by atoms with Crippen LogP contribution in [0.1, 0.15) is 34.5 Å². The van der Waals surface area contributed by atoms with Crippen LogP contribution >= 0.6 is 0 Å². The summed E-state index contributed by atoms with van der Waals surface area (Å²) in [7, 11) is -4.09. The molecule has 0 heterocycles. The van der Waals surface area contributed by atoms with Crippen LogP contribution in [-0.4, -0.2) is 42.6 Å². The van der Waals surface area contributed by atoms with Gasteiger partial charge in [-0.2, -0.15) is 8.42 Å². The number of rotatable bonds is 8. The van der Waals surface area contributed by atoms with Crippen molar-refractivity contribution in [2.45, 2.75) is 45.3 Å². The monoisotopic (exact) mass is 264 g/mol. The molecule has 2 N–H and O–H groups in total. The first-order chi connectivity index (χ1) is 6.89. The van der Waals surface area contributed by atoms with Gasteiger partial charge < -0.3 is 11.3 Å². The zero-order valence-electron chi connectivity index (χ0n) is 11.2. The normalized spacial score (nSPS) is 15.2. The Bertz CT molecular complexity index is 260. The molecule has 0 aliphatic heterocycles. The van der Waals surface area contributed by atoms with Gasteiger partial charge in [0.2, 0.25) is 0 Å². The molecule has 0 fully saturated rings. The van der Waals surface area contributed by atoms with Gasteiger partial charge in [-0.1, -0.05) is 19.8 Å². The summed E-state index contributed by atoms with van der Waals surface area (Å²) in [6.07, 6.45) is 1.90. The Hall–Kier alpha value is 0.830. The van der Waals surface area contributed by atoms with E-state index < -0.39 is 28.6 Å². The van der Waals surface area contributed by atoms with Crippen LogP contribution in [0.5, 0.6) is 0 Å². The van der Waals surface area contributed by atoms with E-state index >= 15 is 0 Å². The van der Waals surface area contributed by atoms with Crippen molar-refractivity contribution in [3.63, 3.8) is 0 Å². The molecule has 5 nitrogen and oxygen atoms in total. The molecule has 2 unspecified atom stereocenters. The molecule has 0 aliphatic carbocycles. The van der Waals surface area contributed by atoms with Gasteiger partial charge in [-0.05, 0) is 13.3 Å². The van der Waals surface area contributed by atoms with Gasteiger partial charge in [0, 0.05) is 0 Å². The van der Waals surface area contributed by atoms with Crippen molar-refractivity contribution in [2.75, 3.05) is 12.4 Å². The van der Waals surface area contributed by atoms with Crippen molar-refractivity contribution in [2.24, 2.45) is 0 Å². The fourth-order valence-corrected chi connectivity index (χ4v) is 1.91. The topological polar surface area (TPSA) is 83.8 Å².